The van der Waals surface area contributed by atoms with Crippen molar-refractivity contribution in [3.63, 3.8) is 0 Å². The van der Waals surface area contributed by atoms with Crippen LogP contribution < -0.4 is 0 Å². The average Bonchev–Trinajstić information content (AvgIpc) is 2.23. The number of rotatable bonds is 12. The van der Waals surface area contributed by atoms with Gasteiger partial charge in [0.15, 0.2) is 0 Å². The van der Waals surface area contributed by atoms with Gasteiger partial charge in [0.05, 0.1) is 0 Å². The van der Waals surface area contributed by atoms with E-state index in [2.05, 4.69) is 47.3 Å². The molecule has 0 atom stereocenters. The van der Waals surface area contributed by atoms with Gasteiger partial charge in [0, 0.05) is 0 Å². The van der Waals surface area contributed by atoms with Crippen molar-refractivity contribution < 1.29 is 22.4 Å². The molecule has 0 fully saturated rings. The molecule has 0 spiro atoms. The van der Waals surface area contributed by atoms with Crippen molar-refractivity contribution in [3.05, 3.63) is 0 Å². The minimum atomic E-state index is -2.65. The second kappa shape index (κ2) is 10.7. The average molecular weight is 606 g/mol. The first-order valence-corrected chi connectivity index (χ1v) is 26.8. The van der Waals surface area contributed by atoms with Gasteiger partial charge in [0.2, 0.25) is 0 Å². The fraction of sp³-hybridized carbons (Fsp3) is 1.00. The molecule has 0 saturated carbocycles. The summed E-state index contributed by atoms with van der Waals surface area (Å²) in [5.41, 5.74) is 0. The minimum Gasteiger partial charge on any atom is -0.394 e. The molecule has 0 amide bonds. The Bertz CT molecular complexity index is 201. The van der Waals surface area contributed by atoms with Gasteiger partial charge in [-0.15, -0.1) is 0 Å². The molecule has 0 aliphatic carbocycles. The second-order valence-corrected chi connectivity index (χ2v) is 64.5. The summed E-state index contributed by atoms with van der Waals surface area (Å²) >= 11 is 4.91. The third-order valence-corrected chi connectivity index (χ3v) is 7.94. The summed E-state index contributed by atoms with van der Waals surface area (Å²) in [4.78, 5) is 4.42. The monoisotopic (exact) mass is 608 g/mol. The maximum absolute atomic E-state index is 8.47. The van der Waals surface area contributed by atoms with Crippen LogP contribution in [-0.2, 0) is 17.3 Å². The van der Waals surface area contributed by atoms with E-state index in [1.165, 1.54) is 0 Å². The molecule has 0 aromatic carbocycles. The van der Waals surface area contributed by atoms with Crippen molar-refractivity contribution in [2.75, 3.05) is 52.9 Å². The van der Waals surface area contributed by atoms with Gasteiger partial charge in [-0.05, 0) is 0 Å². The zero-order chi connectivity index (χ0) is 13.9. The molecule has 0 radical (unpaired) electrons. The number of halogens is 2. The van der Waals surface area contributed by atoms with Gasteiger partial charge in [-0.25, -0.2) is 0 Å². The first-order chi connectivity index (χ1) is 8.31. The quantitative estimate of drug-likeness (QED) is 0.209. The van der Waals surface area contributed by atoms with E-state index >= 15 is 0 Å². The molecule has 18 heavy (non-hydrogen) atoms. The van der Waals surface area contributed by atoms with Crippen LogP contribution >= 0.6 is 37.4 Å². The number of ether oxygens (including phenoxy) is 3. The summed E-state index contributed by atoms with van der Waals surface area (Å²) in [5.74, 6) is 0. The Morgan fingerprint density at radius 2 is 1.17 bits per heavy atom. The Morgan fingerprint density at radius 1 is 0.778 bits per heavy atom. The van der Waals surface area contributed by atoms with Gasteiger partial charge in [0.1, 0.15) is 0 Å². The minimum absolute atomic E-state index is 0.0540. The molecular formula is C10H24I2O5Te. The van der Waals surface area contributed by atoms with Crippen molar-refractivity contribution in [1.82, 2.24) is 0 Å². The Balaban J connectivity index is 3.13. The second-order valence-electron chi connectivity index (χ2n) is 4.08. The molecule has 0 aromatic heterocycles. The summed E-state index contributed by atoms with van der Waals surface area (Å²) in [6, 6.07) is 0. The predicted octanol–water partition coefficient (Wildman–Crippen LogP) is 1.80. The van der Waals surface area contributed by atoms with Crippen molar-refractivity contribution in [1.29, 1.82) is 0 Å². The van der Waals surface area contributed by atoms with Crippen molar-refractivity contribution in [2.45, 2.75) is 9.94 Å². The third-order valence-electron chi connectivity index (χ3n) is 1.65. The molecule has 0 unspecified atom stereocenters. The molecule has 0 aromatic rings. The summed E-state index contributed by atoms with van der Waals surface area (Å²) in [7, 11) is -2.65. The van der Waals surface area contributed by atoms with Crippen molar-refractivity contribution in [3.8, 4) is 0 Å². The van der Waals surface area contributed by atoms with Gasteiger partial charge in [0.25, 0.3) is 0 Å². The summed E-state index contributed by atoms with van der Waals surface area (Å²) in [5, 5.41) is 8.47. The van der Waals surface area contributed by atoms with Crippen LogP contribution in [0.3, 0.4) is 0 Å². The summed E-state index contributed by atoms with van der Waals surface area (Å²) in [6.45, 7) is 3.86. The molecule has 0 heterocycles. The number of aliphatic hydroxyl groups is 1. The zero-order valence-electron chi connectivity index (χ0n) is 10.9. The number of aliphatic hydroxyl groups excluding tert-OH is 1. The van der Waals surface area contributed by atoms with Crippen LogP contribution in [0.5, 0.6) is 0 Å². The Hall–Kier alpha value is 2.05. The Morgan fingerprint density at radius 3 is 1.56 bits per heavy atom. The first-order valence-electron chi connectivity index (χ1n) is 5.75. The van der Waals surface area contributed by atoms with E-state index < -0.39 is 9.33 Å². The summed E-state index contributed by atoms with van der Waals surface area (Å²) in [6.07, 6.45) is 0. The molecule has 5 nitrogen and oxygen atoms in total. The molecule has 0 rings (SSSR count). The van der Waals surface area contributed by atoms with Crippen LogP contribution in [0, 0.1) is 0 Å². The van der Waals surface area contributed by atoms with Gasteiger partial charge in [-0.3, -0.25) is 0 Å². The predicted molar refractivity (Wildman–Crippen MR) is 92.4 cm³/mol. The summed E-state index contributed by atoms with van der Waals surface area (Å²) < 4.78 is 21.6. The Kier molecular flexibility index (Phi) is 12.0. The fourth-order valence-electron chi connectivity index (χ4n) is 0.954. The van der Waals surface area contributed by atoms with Crippen LogP contribution in [-0.4, -0.2) is 67.3 Å². The van der Waals surface area contributed by atoms with Gasteiger partial charge in [-0.2, -0.15) is 0 Å². The maximum atomic E-state index is 8.47. The zero-order valence-corrected chi connectivity index (χ0v) is 17.8. The fourth-order valence-corrected chi connectivity index (χ4v) is 5.25. The van der Waals surface area contributed by atoms with Crippen molar-refractivity contribution >= 4 is 46.7 Å². The standard InChI is InChI=1S/C10H24I2O5Te/c1-18(2,11,12)17-10-9-16-8-7-15-6-5-14-4-3-13/h13,18H,3-10H2,1-2H3. The number of hydrogen-bond acceptors (Lipinski definition) is 5. The number of hydrogen-bond donors (Lipinski definition) is 1. The van der Waals surface area contributed by atoms with E-state index in [1.54, 1.807) is 0 Å². The first kappa shape index (κ1) is 20.0. The molecular weight excluding hydrogens is 582 g/mol. The van der Waals surface area contributed by atoms with E-state index in [0.29, 0.717) is 46.2 Å². The van der Waals surface area contributed by atoms with Gasteiger partial charge >= 0.3 is 127 Å². The molecule has 0 aliphatic rings. The molecule has 8 heteroatoms. The smallest absolute Gasteiger partial charge is 0.394 e. The molecule has 0 saturated heterocycles. The molecule has 114 valence electrons. The SMILES string of the molecule is C[TeH](C)(I)(I)OCCOCCOCCOCCO. The van der Waals surface area contributed by atoms with E-state index in [-0.39, 0.29) is 6.61 Å². The van der Waals surface area contributed by atoms with Gasteiger partial charge < -0.3 is 5.11 Å². The van der Waals surface area contributed by atoms with Gasteiger partial charge in [-0.1, -0.05) is 0 Å². The van der Waals surface area contributed by atoms with E-state index in [1.807, 2.05) is 0 Å². The van der Waals surface area contributed by atoms with Crippen LogP contribution in [0.25, 0.3) is 0 Å². The molecule has 0 aliphatic heterocycles. The van der Waals surface area contributed by atoms with Crippen molar-refractivity contribution in [2.24, 2.45) is 0 Å². The molecule has 1 N–H and O–H groups in total. The van der Waals surface area contributed by atoms with E-state index in [9.17, 15) is 0 Å². The van der Waals surface area contributed by atoms with Crippen LogP contribution in [0.2, 0.25) is 9.94 Å². The van der Waals surface area contributed by atoms with Crippen LogP contribution in [0.4, 0.5) is 0 Å². The van der Waals surface area contributed by atoms with E-state index in [4.69, 9.17) is 22.4 Å². The van der Waals surface area contributed by atoms with Crippen LogP contribution in [0.15, 0.2) is 0 Å². The Labute approximate surface area is 130 Å². The van der Waals surface area contributed by atoms with E-state index in [0.717, 1.165) is 0 Å². The topological polar surface area (TPSA) is 57.2 Å². The van der Waals surface area contributed by atoms with Crippen LogP contribution in [0.1, 0.15) is 0 Å². The third kappa shape index (κ3) is 18.0. The normalized spacial score (nSPS) is 14.4. The molecule has 0 bridgehead atoms.